The molecule has 1 aromatic carbocycles. The molecule has 18 heavy (non-hydrogen) atoms. The van der Waals surface area contributed by atoms with Gasteiger partial charge in [0.25, 0.3) is 5.91 Å². The van der Waals surface area contributed by atoms with Gasteiger partial charge in [-0.2, -0.15) is 0 Å². The van der Waals surface area contributed by atoms with Crippen molar-refractivity contribution in [3.8, 4) is 0 Å². The fourth-order valence-corrected chi connectivity index (χ4v) is 1.97. The molecule has 1 amide bonds. The summed E-state index contributed by atoms with van der Waals surface area (Å²) in [6.07, 6.45) is 3.54. The minimum atomic E-state index is -0.251. The topological polar surface area (TPSA) is 68.0 Å². The molecule has 2 aromatic rings. The van der Waals surface area contributed by atoms with Crippen LogP contribution >= 0.6 is 11.8 Å². The highest BCUT2D eigenvalue weighted by Crippen LogP contribution is 2.20. The molecule has 4 nitrogen and oxygen atoms in total. The molecule has 0 saturated heterocycles. The zero-order chi connectivity index (χ0) is 13.0. The number of anilines is 2. The highest BCUT2D eigenvalue weighted by molar-refractivity contribution is 7.98. The highest BCUT2D eigenvalue weighted by atomic mass is 32.2. The van der Waals surface area contributed by atoms with Gasteiger partial charge >= 0.3 is 0 Å². The number of rotatable bonds is 3. The molecular weight excluding hydrogens is 246 g/mol. The fraction of sp³-hybridized carbons (Fsp3) is 0.0769. The van der Waals surface area contributed by atoms with Crippen LogP contribution in [0.5, 0.6) is 0 Å². The van der Waals surface area contributed by atoms with Crippen molar-refractivity contribution in [2.24, 2.45) is 0 Å². The lowest BCUT2D eigenvalue weighted by Crippen LogP contribution is -2.14. The van der Waals surface area contributed by atoms with E-state index in [1.807, 2.05) is 30.5 Å². The van der Waals surface area contributed by atoms with E-state index in [4.69, 9.17) is 5.73 Å². The van der Waals surface area contributed by atoms with Gasteiger partial charge in [0, 0.05) is 16.8 Å². The summed E-state index contributed by atoms with van der Waals surface area (Å²) >= 11 is 1.62. The highest BCUT2D eigenvalue weighted by Gasteiger charge is 2.10. The van der Waals surface area contributed by atoms with Crippen molar-refractivity contribution in [1.29, 1.82) is 0 Å². The molecule has 92 valence electrons. The molecule has 1 aromatic heterocycles. The average molecular weight is 259 g/mol. The Labute approximate surface area is 110 Å². The van der Waals surface area contributed by atoms with Gasteiger partial charge in [0.2, 0.25) is 0 Å². The average Bonchev–Trinajstić information content (AvgIpc) is 2.39. The number of nitrogens with zero attached hydrogens (tertiary/aromatic N) is 1. The number of carbonyl (C=O) groups is 1. The third-order valence-corrected chi connectivity index (χ3v) is 3.14. The van der Waals surface area contributed by atoms with E-state index in [1.54, 1.807) is 30.1 Å². The zero-order valence-electron chi connectivity index (χ0n) is 9.88. The number of carbonyl (C=O) groups excluding carboxylic acids is 1. The van der Waals surface area contributed by atoms with Gasteiger partial charge in [-0.3, -0.25) is 4.79 Å². The third-order valence-electron chi connectivity index (χ3n) is 2.41. The van der Waals surface area contributed by atoms with Crippen molar-refractivity contribution < 1.29 is 4.79 Å². The SMILES string of the molecule is CSc1cccc(NC(=O)c2cccnc2N)c1. The Morgan fingerprint density at radius 3 is 2.89 bits per heavy atom. The Balaban J connectivity index is 2.19. The molecule has 0 aliphatic carbocycles. The van der Waals surface area contributed by atoms with Crippen LogP contribution in [0.25, 0.3) is 0 Å². The van der Waals surface area contributed by atoms with Crippen molar-refractivity contribution in [1.82, 2.24) is 4.98 Å². The molecule has 0 bridgehead atoms. The van der Waals surface area contributed by atoms with Crippen LogP contribution in [0.2, 0.25) is 0 Å². The van der Waals surface area contributed by atoms with E-state index in [-0.39, 0.29) is 11.7 Å². The number of pyridine rings is 1. The second-order valence-electron chi connectivity index (χ2n) is 3.62. The number of benzene rings is 1. The second kappa shape index (κ2) is 5.55. The monoisotopic (exact) mass is 259 g/mol. The summed E-state index contributed by atoms with van der Waals surface area (Å²) in [4.78, 5) is 17.0. The number of nitrogens with one attached hydrogen (secondary N) is 1. The number of nitrogens with two attached hydrogens (primary N) is 1. The molecule has 0 fully saturated rings. The summed E-state index contributed by atoms with van der Waals surface area (Å²) in [5, 5.41) is 2.80. The second-order valence-corrected chi connectivity index (χ2v) is 4.50. The summed E-state index contributed by atoms with van der Waals surface area (Å²) in [5.74, 6) is -0.0186. The first kappa shape index (κ1) is 12.4. The van der Waals surface area contributed by atoms with Gasteiger partial charge in [-0.05, 0) is 36.6 Å². The van der Waals surface area contributed by atoms with Crippen molar-refractivity contribution >= 4 is 29.2 Å². The van der Waals surface area contributed by atoms with Crippen molar-refractivity contribution in [2.45, 2.75) is 4.90 Å². The van der Waals surface area contributed by atoms with Gasteiger partial charge in [0.05, 0.1) is 5.56 Å². The maximum absolute atomic E-state index is 12.0. The normalized spacial score (nSPS) is 10.1. The van der Waals surface area contributed by atoms with Crippen LogP contribution in [0, 0.1) is 0 Å². The lowest BCUT2D eigenvalue weighted by molar-refractivity contribution is 0.102. The third kappa shape index (κ3) is 2.81. The number of amides is 1. The predicted molar refractivity (Wildman–Crippen MR) is 74.8 cm³/mol. The Morgan fingerprint density at radius 1 is 1.33 bits per heavy atom. The van der Waals surface area contributed by atoms with Crippen molar-refractivity contribution in [2.75, 3.05) is 17.3 Å². The van der Waals surface area contributed by atoms with Gasteiger partial charge in [-0.25, -0.2) is 4.98 Å². The van der Waals surface area contributed by atoms with Crippen LogP contribution in [-0.2, 0) is 0 Å². The van der Waals surface area contributed by atoms with Crippen molar-refractivity contribution in [3.63, 3.8) is 0 Å². The first-order valence-electron chi connectivity index (χ1n) is 5.36. The minimum absolute atomic E-state index is 0.232. The standard InChI is InChI=1S/C13H13N3OS/c1-18-10-5-2-4-9(8-10)16-13(17)11-6-3-7-15-12(11)14/h2-8H,1H3,(H2,14,15)(H,16,17). The number of hydrogen-bond donors (Lipinski definition) is 2. The Morgan fingerprint density at radius 2 is 2.17 bits per heavy atom. The van der Waals surface area contributed by atoms with E-state index in [0.29, 0.717) is 5.56 Å². The summed E-state index contributed by atoms with van der Waals surface area (Å²) in [7, 11) is 0. The van der Waals surface area contributed by atoms with Crippen LogP contribution in [0.15, 0.2) is 47.5 Å². The Hall–Kier alpha value is -2.01. The van der Waals surface area contributed by atoms with Crippen LogP contribution in [0.4, 0.5) is 11.5 Å². The van der Waals surface area contributed by atoms with Crippen LogP contribution in [0.1, 0.15) is 10.4 Å². The van der Waals surface area contributed by atoms with Gasteiger partial charge in [-0.1, -0.05) is 6.07 Å². The zero-order valence-corrected chi connectivity index (χ0v) is 10.7. The first-order chi connectivity index (χ1) is 8.70. The quantitative estimate of drug-likeness (QED) is 0.831. The molecule has 0 aliphatic rings. The molecule has 2 rings (SSSR count). The molecule has 0 radical (unpaired) electrons. The maximum Gasteiger partial charge on any atom is 0.259 e. The molecular formula is C13H13N3OS. The Kier molecular flexibility index (Phi) is 3.84. The van der Waals surface area contributed by atoms with Gasteiger partial charge in [0.15, 0.2) is 0 Å². The Bertz CT molecular complexity index is 572. The molecule has 0 unspecified atom stereocenters. The van der Waals surface area contributed by atoms with E-state index in [9.17, 15) is 4.79 Å². The van der Waals surface area contributed by atoms with E-state index in [1.165, 1.54) is 0 Å². The molecule has 0 saturated carbocycles. The predicted octanol–water partition coefficient (Wildman–Crippen LogP) is 2.64. The van der Waals surface area contributed by atoms with Gasteiger partial charge in [0.1, 0.15) is 5.82 Å². The van der Waals surface area contributed by atoms with Crippen LogP contribution in [-0.4, -0.2) is 17.1 Å². The summed E-state index contributed by atoms with van der Waals surface area (Å²) in [5.41, 5.74) is 6.78. The lowest BCUT2D eigenvalue weighted by Gasteiger charge is -2.07. The summed E-state index contributed by atoms with van der Waals surface area (Å²) in [6.45, 7) is 0. The summed E-state index contributed by atoms with van der Waals surface area (Å²) in [6, 6.07) is 11.0. The van der Waals surface area contributed by atoms with E-state index < -0.39 is 0 Å². The molecule has 0 aliphatic heterocycles. The van der Waals surface area contributed by atoms with Crippen molar-refractivity contribution in [3.05, 3.63) is 48.2 Å². The van der Waals surface area contributed by atoms with Crippen LogP contribution in [0.3, 0.4) is 0 Å². The summed E-state index contributed by atoms with van der Waals surface area (Å²) < 4.78 is 0. The molecule has 5 heteroatoms. The van der Waals surface area contributed by atoms with E-state index >= 15 is 0 Å². The van der Waals surface area contributed by atoms with E-state index in [0.717, 1.165) is 10.6 Å². The molecule has 1 heterocycles. The first-order valence-corrected chi connectivity index (χ1v) is 6.59. The minimum Gasteiger partial charge on any atom is -0.383 e. The molecule has 0 atom stereocenters. The largest absolute Gasteiger partial charge is 0.383 e. The number of aromatic nitrogens is 1. The number of thioether (sulfide) groups is 1. The van der Waals surface area contributed by atoms with E-state index in [2.05, 4.69) is 10.3 Å². The lowest BCUT2D eigenvalue weighted by atomic mass is 10.2. The number of hydrogen-bond acceptors (Lipinski definition) is 4. The van der Waals surface area contributed by atoms with Gasteiger partial charge in [-0.15, -0.1) is 11.8 Å². The van der Waals surface area contributed by atoms with Gasteiger partial charge < -0.3 is 11.1 Å². The number of nitrogen functional groups attached to an aromatic ring is 1. The molecule has 0 spiro atoms. The fourth-order valence-electron chi connectivity index (χ4n) is 1.51. The maximum atomic E-state index is 12.0. The van der Waals surface area contributed by atoms with Crippen LogP contribution < -0.4 is 11.1 Å². The molecule has 3 N–H and O–H groups in total. The smallest absolute Gasteiger partial charge is 0.259 e.